The first-order valence-electron chi connectivity index (χ1n) is 8.58. The van der Waals surface area contributed by atoms with Gasteiger partial charge < -0.3 is 28.4 Å². The lowest BCUT2D eigenvalue weighted by atomic mass is 10.0. The average Bonchev–Trinajstić information content (AvgIpc) is 2.53. The molecule has 0 saturated carbocycles. The molecule has 0 spiro atoms. The van der Waals surface area contributed by atoms with Gasteiger partial charge in [-0.1, -0.05) is 0 Å². The van der Waals surface area contributed by atoms with Crippen molar-refractivity contribution in [3.8, 4) is 0 Å². The summed E-state index contributed by atoms with van der Waals surface area (Å²) in [4.78, 5) is 45.5. The van der Waals surface area contributed by atoms with Crippen molar-refractivity contribution in [1.29, 1.82) is 0 Å². The van der Waals surface area contributed by atoms with Crippen molar-refractivity contribution in [1.82, 2.24) is 0 Å². The molecule has 0 saturated heterocycles. The fourth-order valence-electron chi connectivity index (χ4n) is 1.96. The van der Waals surface area contributed by atoms with E-state index in [1.54, 1.807) is 0 Å². The Bertz CT molecular complexity index is 566. The van der Waals surface area contributed by atoms with Crippen LogP contribution in [0.4, 0.5) is 0 Å². The zero-order valence-electron chi connectivity index (χ0n) is 17.6. The van der Waals surface area contributed by atoms with Crippen molar-refractivity contribution in [3.05, 3.63) is 0 Å². The first kappa shape index (κ1) is 20.1. The monoisotopic (exact) mass is 380 g/mol. The highest BCUT2D eigenvalue weighted by Crippen LogP contribution is 2.19. The SMILES string of the molecule is [2H]C([2H])(OC(C)=O)[C@@H](OC(C)=O)[C@@H](OC(C)=O)[C@H](OC)[C@H](COC(C)=O)OC. The minimum absolute atomic E-state index is 0.328. The van der Waals surface area contributed by atoms with Crippen LogP contribution in [-0.2, 0) is 47.6 Å². The predicted octanol–water partition coefficient (Wildman–Crippen LogP) is 0.00600. The summed E-state index contributed by atoms with van der Waals surface area (Å²) in [5.41, 5.74) is 0. The second-order valence-corrected chi connectivity index (χ2v) is 5.09. The van der Waals surface area contributed by atoms with Crippen molar-refractivity contribution < 1.29 is 50.3 Å². The van der Waals surface area contributed by atoms with Crippen LogP contribution < -0.4 is 0 Å². The van der Waals surface area contributed by atoms with Crippen LogP contribution in [0.5, 0.6) is 0 Å². The highest BCUT2D eigenvalue weighted by Gasteiger charge is 2.41. The van der Waals surface area contributed by atoms with Crippen LogP contribution in [0.15, 0.2) is 0 Å². The maximum absolute atomic E-state index is 11.6. The normalized spacial score (nSPS) is 16.8. The number of carbonyl (C=O) groups excluding carboxylic acids is 4. The molecule has 150 valence electrons. The molecule has 0 aromatic heterocycles. The number of hydrogen-bond acceptors (Lipinski definition) is 10. The van der Waals surface area contributed by atoms with Crippen LogP contribution >= 0.6 is 0 Å². The van der Waals surface area contributed by atoms with Crippen LogP contribution in [0.25, 0.3) is 0 Å². The topological polar surface area (TPSA) is 124 Å². The third-order valence-electron chi connectivity index (χ3n) is 2.93. The molecule has 10 nitrogen and oxygen atoms in total. The second kappa shape index (κ2) is 12.2. The summed E-state index contributed by atoms with van der Waals surface area (Å²) in [5.74, 6) is -3.40. The smallest absolute Gasteiger partial charge is 0.303 e. The molecule has 0 unspecified atom stereocenters. The summed E-state index contributed by atoms with van der Waals surface area (Å²) in [7, 11) is 2.46. The lowest BCUT2D eigenvalue weighted by Gasteiger charge is -2.34. The maximum atomic E-state index is 11.6. The summed E-state index contributed by atoms with van der Waals surface area (Å²) >= 11 is 0. The molecule has 0 aliphatic rings. The van der Waals surface area contributed by atoms with Gasteiger partial charge in [-0.2, -0.15) is 0 Å². The van der Waals surface area contributed by atoms with Crippen LogP contribution in [0.3, 0.4) is 0 Å². The van der Waals surface area contributed by atoms with Crippen LogP contribution in [-0.4, -0.2) is 75.7 Å². The van der Waals surface area contributed by atoms with E-state index in [0.29, 0.717) is 0 Å². The number of methoxy groups -OCH3 is 2. The van der Waals surface area contributed by atoms with E-state index in [4.69, 9.17) is 26.4 Å². The van der Waals surface area contributed by atoms with E-state index in [1.165, 1.54) is 21.1 Å². The Morgan fingerprint density at radius 3 is 1.65 bits per heavy atom. The summed E-state index contributed by atoms with van der Waals surface area (Å²) in [6.45, 7) is 0.949. The molecular formula is C16H26O10. The molecule has 0 aromatic carbocycles. The first-order chi connectivity index (χ1) is 12.8. The van der Waals surface area contributed by atoms with Crippen molar-refractivity contribution in [2.75, 3.05) is 27.4 Å². The Morgan fingerprint density at radius 2 is 1.27 bits per heavy atom. The summed E-state index contributed by atoms with van der Waals surface area (Å²) in [5, 5.41) is 0. The summed E-state index contributed by atoms with van der Waals surface area (Å²) in [6.07, 6.45) is -5.81. The van der Waals surface area contributed by atoms with E-state index in [9.17, 15) is 19.2 Å². The fourth-order valence-corrected chi connectivity index (χ4v) is 1.96. The molecule has 10 heteroatoms. The van der Waals surface area contributed by atoms with E-state index in [0.717, 1.165) is 20.8 Å². The van der Waals surface area contributed by atoms with Crippen molar-refractivity contribution in [2.24, 2.45) is 0 Å². The lowest BCUT2D eigenvalue weighted by Crippen LogP contribution is -2.52. The molecule has 0 aliphatic heterocycles. The molecule has 0 radical (unpaired) electrons. The third kappa shape index (κ3) is 9.33. The molecule has 0 aromatic rings. The second-order valence-electron chi connectivity index (χ2n) is 5.09. The van der Waals surface area contributed by atoms with E-state index in [2.05, 4.69) is 4.74 Å². The lowest BCUT2D eigenvalue weighted by molar-refractivity contribution is -0.197. The van der Waals surface area contributed by atoms with Crippen molar-refractivity contribution in [2.45, 2.75) is 52.1 Å². The molecule has 0 bridgehead atoms. The molecule has 0 aliphatic carbocycles. The van der Waals surface area contributed by atoms with Gasteiger partial charge in [-0.05, 0) is 0 Å². The average molecular weight is 380 g/mol. The zero-order valence-corrected chi connectivity index (χ0v) is 15.6. The third-order valence-corrected chi connectivity index (χ3v) is 2.93. The minimum atomic E-state index is -2.88. The van der Waals surface area contributed by atoms with E-state index in [-0.39, 0.29) is 6.61 Å². The molecule has 0 fully saturated rings. The molecule has 0 amide bonds. The van der Waals surface area contributed by atoms with Gasteiger partial charge in [-0.25, -0.2) is 0 Å². The zero-order chi connectivity index (χ0) is 22.1. The van der Waals surface area contributed by atoms with Gasteiger partial charge >= 0.3 is 23.9 Å². The van der Waals surface area contributed by atoms with Crippen molar-refractivity contribution in [3.63, 3.8) is 0 Å². The Balaban J connectivity index is 6.09. The van der Waals surface area contributed by atoms with Gasteiger partial charge in [0.2, 0.25) is 0 Å². The van der Waals surface area contributed by atoms with Crippen LogP contribution in [0, 0.1) is 0 Å². The maximum Gasteiger partial charge on any atom is 0.303 e. The number of esters is 4. The summed E-state index contributed by atoms with van der Waals surface area (Å²) in [6, 6.07) is 0. The molecule has 26 heavy (non-hydrogen) atoms. The Morgan fingerprint density at radius 1 is 0.731 bits per heavy atom. The Kier molecular flexibility index (Phi) is 9.44. The molecule has 4 atom stereocenters. The van der Waals surface area contributed by atoms with E-state index in [1.807, 2.05) is 0 Å². The molecule has 0 rings (SSSR count). The standard InChI is InChI=1S/C16H26O10/c1-9(17)23-7-13(21-5)15(22-6)16(26-12(4)20)14(25-11(3)19)8-24-10(2)18/h13-16H,7-8H2,1-6H3/t13-,14+,15+,16+/m0/s1/i8D2. The quantitative estimate of drug-likeness (QED) is 0.357. The van der Waals surface area contributed by atoms with E-state index >= 15 is 0 Å². The fraction of sp³-hybridized carbons (Fsp3) is 0.750. The van der Waals surface area contributed by atoms with E-state index < -0.39 is 54.9 Å². The van der Waals surface area contributed by atoms with Crippen LogP contribution in [0.2, 0.25) is 0 Å². The first-order valence-corrected chi connectivity index (χ1v) is 7.58. The van der Waals surface area contributed by atoms with Gasteiger partial charge in [0.25, 0.3) is 0 Å². The minimum Gasteiger partial charge on any atom is -0.463 e. The molecule has 0 N–H and O–H groups in total. The Hall–Kier alpha value is -2.20. The highest BCUT2D eigenvalue weighted by molar-refractivity contribution is 5.68. The predicted molar refractivity (Wildman–Crippen MR) is 86.0 cm³/mol. The van der Waals surface area contributed by atoms with Gasteiger partial charge in [0.05, 0.1) is 2.74 Å². The number of rotatable bonds is 11. The largest absolute Gasteiger partial charge is 0.463 e. The van der Waals surface area contributed by atoms with Crippen LogP contribution in [0.1, 0.15) is 30.4 Å². The van der Waals surface area contributed by atoms with Crippen molar-refractivity contribution >= 4 is 23.9 Å². The van der Waals surface area contributed by atoms with Gasteiger partial charge in [0.1, 0.15) is 25.4 Å². The van der Waals surface area contributed by atoms with Gasteiger partial charge in [0, 0.05) is 41.9 Å². The van der Waals surface area contributed by atoms with Gasteiger partial charge in [-0.15, -0.1) is 0 Å². The number of carbonyl (C=O) groups is 4. The molecule has 0 heterocycles. The molecular weight excluding hydrogens is 352 g/mol. The number of ether oxygens (including phenoxy) is 6. The van der Waals surface area contributed by atoms with Gasteiger partial charge in [0.15, 0.2) is 12.2 Å². The number of hydrogen-bond donors (Lipinski definition) is 0. The summed E-state index contributed by atoms with van der Waals surface area (Å²) < 4.78 is 46.0. The highest BCUT2D eigenvalue weighted by atomic mass is 16.6. The Labute approximate surface area is 154 Å². The van der Waals surface area contributed by atoms with Gasteiger partial charge in [-0.3, -0.25) is 19.2 Å².